The molecule has 3 atom stereocenters. The van der Waals surface area contributed by atoms with Gasteiger partial charge in [0.1, 0.15) is 18.3 Å². The van der Waals surface area contributed by atoms with Gasteiger partial charge in [-0.25, -0.2) is 4.79 Å². The van der Waals surface area contributed by atoms with Gasteiger partial charge in [0.25, 0.3) is 0 Å². The Balaban J connectivity index is 2.06. The van der Waals surface area contributed by atoms with Gasteiger partial charge in [-0.15, -0.1) is 0 Å². The molecule has 1 aromatic carbocycles. The molecule has 1 N–H and O–H groups in total. The normalized spacial score (nSPS) is 22.0. The molecule has 8 heteroatoms. The van der Waals surface area contributed by atoms with Crippen LogP contribution < -0.4 is 10.1 Å². The highest BCUT2D eigenvalue weighted by Gasteiger charge is 2.47. The summed E-state index contributed by atoms with van der Waals surface area (Å²) in [6.45, 7) is 10.2. The number of allylic oxidation sites excluding steroid dienone is 3. The second kappa shape index (κ2) is 11.5. The number of benzene rings is 1. The molecule has 0 bridgehead atoms. The Labute approximate surface area is 206 Å². The van der Waals surface area contributed by atoms with E-state index in [2.05, 4.69) is 5.32 Å². The molecule has 0 aromatic heterocycles. The predicted octanol–water partition coefficient (Wildman–Crippen LogP) is 3.67. The number of nitrogens with one attached hydrogen (secondary N) is 1. The molecule has 0 radical (unpaired) electrons. The van der Waals surface area contributed by atoms with Crippen LogP contribution in [0.2, 0.25) is 0 Å². The van der Waals surface area contributed by atoms with Gasteiger partial charge in [0, 0.05) is 22.9 Å². The first-order valence-corrected chi connectivity index (χ1v) is 12.0. The Morgan fingerprint density at radius 2 is 1.94 bits per heavy atom. The van der Waals surface area contributed by atoms with Gasteiger partial charge >= 0.3 is 11.9 Å². The van der Waals surface area contributed by atoms with Crippen molar-refractivity contribution in [3.8, 4) is 5.75 Å². The Morgan fingerprint density at radius 1 is 1.20 bits per heavy atom. The smallest absolute Gasteiger partial charge is 0.336 e. The Hall–Kier alpha value is -3.13. The molecule has 1 aliphatic heterocycles. The molecular formula is C27H35NO7. The summed E-state index contributed by atoms with van der Waals surface area (Å²) in [6, 6.07) is 7.32. The molecule has 190 valence electrons. The Morgan fingerprint density at radius 3 is 2.60 bits per heavy atom. The van der Waals surface area contributed by atoms with Crippen LogP contribution >= 0.6 is 0 Å². The van der Waals surface area contributed by atoms with Gasteiger partial charge in [-0.05, 0) is 57.7 Å². The third kappa shape index (κ3) is 5.75. The van der Waals surface area contributed by atoms with Crippen LogP contribution in [0.4, 0.5) is 0 Å². The molecule has 3 rings (SSSR count). The summed E-state index contributed by atoms with van der Waals surface area (Å²) < 4.78 is 21.7. The van der Waals surface area contributed by atoms with Crippen LogP contribution in [0.5, 0.6) is 5.75 Å². The zero-order valence-electron chi connectivity index (χ0n) is 21.3. The average Bonchev–Trinajstić information content (AvgIpc) is 2.80. The summed E-state index contributed by atoms with van der Waals surface area (Å²) in [4.78, 5) is 39.6. The van der Waals surface area contributed by atoms with Crippen LogP contribution in [-0.2, 0) is 28.6 Å². The molecule has 0 saturated heterocycles. The Kier molecular flexibility index (Phi) is 8.72. The molecule has 1 heterocycles. The van der Waals surface area contributed by atoms with Gasteiger partial charge in [-0.2, -0.15) is 0 Å². The molecule has 1 aromatic rings. The molecular weight excluding hydrogens is 450 g/mol. The summed E-state index contributed by atoms with van der Waals surface area (Å²) in [6.07, 6.45) is 0.495. The number of esters is 2. The van der Waals surface area contributed by atoms with Crippen molar-refractivity contribution in [1.82, 2.24) is 5.32 Å². The minimum atomic E-state index is -0.937. The number of ether oxygens (including phenoxy) is 4. The number of hydrogen-bond donors (Lipinski definition) is 1. The molecule has 0 unspecified atom stereocenters. The first kappa shape index (κ1) is 26.5. The third-order valence-corrected chi connectivity index (χ3v) is 6.23. The molecule has 0 amide bonds. The lowest BCUT2D eigenvalue weighted by atomic mass is 9.69. The van der Waals surface area contributed by atoms with Crippen LogP contribution in [0.1, 0.15) is 52.5 Å². The molecule has 2 aliphatic rings. The number of hydrogen-bond acceptors (Lipinski definition) is 8. The molecule has 0 spiro atoms. The first-order chi connectivity index (χ1) is 16.7. The van der Waals surface area contributed by atoms with Crippen LogP contribution in [0.3, 0.4) is 0 Å². The second-order valence-corrected chi connectivity index (χ2v) is 9.10. The van der Waals surface area contributed by atoms with Gasteiger partial charge in [0.15, 0.2) is 5.78 Å². The number of ketones is 1. The highest BCUT2D eigenvalue weighted by atomic mass is 16.6. The fraction of sp³-hybridized carbons (Fsp3) is 0.519. The summed E-state index contributed by atoms with van der Waals surface area (Å²) in [5.74, 6) is -2.72. The number of dihydropyridines is 1. The summed E-state index contributed by atoms with van der Waals surface area (Å²) in [7, 11) is 1.28. The highest BCUT2D eigenvalue weighted by molar-refractivity contribution is 6.12. The standard InChI is InChI=1S/C27H35NO7/c1-7-33-19-10-8-9-18(14-19)23-22(27(31)35-12-11-34-15(2)3)17(5)28-20-13-16(4)21(26(30)32-6)25(29)24(20)23/h8-10,14-16,21,23,28H,7,11-13H2,1-6H3/t16-,21+,23-/m0/s1. The topological polar surface area (TPSA) is 100 Å². The van der Waals surface area contributed by atoms with Crippen LogP contribution in [-0.4, -0.2) is 50.8 Å². The zero-order chi connectivity index (χ0) is 25.7. The maximum Gasteiger partial charge on any atom is 0.336 e. The molecule has 35 heavy (non-hydrogen) atoms. The van der Waals surface area contributed by atoms with E-state index in [0.717, 1.165) is 0 Å². The van der Waals surface area contributed by atoms with Crippen LogP contribution in [0, 0.1) is 11.8 Å². The van der Waals surface area contributed by atoms with E-state index in [1.54, 1.807) is 6.92 Å². The second-order valence-electron chi connectivity index (χ2n) is 9.10. The maximum absolute atomic E-state index is 13.8. The first-order valence-electron chi connectivity index (χ1n) is 12.0. The van der Waals surface area contributed by atoms with Gasteiger partial charge in [-0.1, -0.05) is 19.1 Å². The van der Waals surface area contributed by atoms with Crippen LogP contribution in [0.15, 0.2) is 46.8 Å². The Bertz CT molecular complexity index is 1040. The summed E-state index contributed by atoms with van der Waals surface area (Å²) in [5, 5.41) is 3.26. The molecule has 0 saturated carbocycles. The largest absolute Gasteiger partial charge is 0.494 e. The fourth-order valence-electron chi connectivity index (χ4n) is 4.73. The SMILES string of the molecule is CCOc1cccc([C@H]2C(C(=O)OCCOC(C)C)=C(C)NC3=C2C(=O)[C@H](C(=O)OC)[C@@H](C)C3)c1. The molecule has 1 aliphatic carbocycles. The minimum absolute atomic E-state index is 0.0184. The fourth-order valence-corrected chi connectivity index (χ4v) is 4.73. The van der Waals surface area contributed by atoms with Crippen molar-refractivity contribution in [2.24, 2.45) is 11.8 Å². The molecule has 8 nitrogen and oxygen atoms in total. The van der Waals surface area contributed by atoms with Crippen LogP contribution in [0.25, 0.3) is 0 Å². The average molecular weight is 486 g/mol. The van der Waals surface area contributed by atoms with Crippen molar-refractivity contribution in [3.63, 3.8) is 0 Å². The lowest BCUT2D eigenvalue weighted by Crippen LogP contribution is -2.43. The van der Waals surface area contributed by atoms with E-state index < -0.39 is 23.8 Å². The lowest BCUT2D eigenvalue weighted by Gasteiger charge is -2.38. The quantitative estimate of drug-likeness (QED) is 0.321. The maximum atomic E-state index is 13.8. The van der Waals surface area contributed by atoms with E-state index in [1.165, 1.54) is 7.11 Å². The zero-order valence-corrected chi connectivity index (χ0v) is 21.3. The van der Waals surface area contributed by atoms with Gasteiger partial charge in [-0.3, -0.25) is 9.59 Å². The summed E-state index contributed by atoms with van der Waals surface area (Å²) >= 11 is 0. The van der Waals surface area contributed by atoms with Crippen molar-refractivity contribution in [3.05, 3.63) is 52.4 Å². The number of rotatable bonds is 9. The van der Waals surface area contributed by atoms with Gasteiger partial charge in [0.05, 0.1) is 32.0 Å². The van der Waals surface area contributed by atoms with Gasteiger partial charge in [0.2, 0.25) is 0 Å². The van der Waals surface area contributed by atoms with E-state index in [4.69, 9.17) is 18.9 Å². The number of methoxy groups -OCH3 is 1. The monoisotopic (exact) mass is 485 g/mol. The highest BCUT2D eigenvalue weighted by Crippen LogP contribution is 2.45. The van der Waals surface area contributed by atoms with Crippen molar-refractivity contribution < 1.29 is 33.3 Å². The number of carbonyl (C=O) groups is 3. The number of carbonyl (C=O) groups excluding carboxylic acids is 3. The minimum Gasteiger partial charge on any atom is -0.494 e. The van der Waals surface area contributed by atoms with Gasteiger partial charge < -0.3 is 24.3 Å². The predicted molar refractivity (Wildman–Crippen MR) is 130 cm³/mol. The third-order valence-electron chi connectivity index (χ3n) is 6.23. The van der Waals surface area contributed by atoms with E-state index in [1.807, 2.05) is 52.0 Å². The van der Waals surface area contributed by atoms with Crippen molar-refractivity contribution >= 4 is 17.7 Å². The summed E-state index contributed by atoms with van der Waals surface area (Å²) in [5.41, 5.74) is 2.76. The van der Waals surface area contributed by atoms with E-state index in [0.29, 0.717) is 46.9 Å². The number of Topliss-reactive ketones (excluding diaryl/α,β-unsaturated/α-hetero) is 1. The van der Waals surface area contributed by atoms with E-state index in [-0.39, 0.29) is 31.0 Å². The molecule has 0 fully saturated rings. The van der Waals surface area contributed by atoms with E-state index >= 15 is 0 Å². The van der Waals surface area contributed by atoms with E-state index in [9.17, 15) is 14.4 Å². The van der Waals surface area contributed by atoms with Crippen molar-refractivity contribution in [1.29, 1.82) is 0 Å². The van der Waals surface area contributed by atoms with Crippen molar-refractivity contribution in [2.45, 2.75) is 53.1 Å². The lowest BCUT2D eigenvalue weighted by molar-refractivity contribution is -0.151. The van der Waals surface area contributed by atoms with Crippen molar-refractivity contribution in [2.75, 3.05) is 26.9 Å².